The van der Waals surface area contributed by atoms with E-state index in [0.717, 1.165) is 0 Å². The molecule has 4 rings (SSSR count). The van der Waals surface area contributed by atoms with E-state index in [1.807, 2.05) is 13.0 Å². The van der Waals surface area contributed by atoms with E-state index in [2.05, 4.69) is 15.9 Å². The zero-order valence-corrected chi connectivity index (χ0v) is 23.5. The predicted octanol–water partition coefficient (Wildman–Crippen LogP) is 5.02. The Morgan fingerprint density at radius 2 is 1.53 bits per heavy atom. The van der Waals surface area contributed by atoms with Crippen LogP contribution in [0.25, 0.3) is 16.6 Å². The Morgan fingerprint density at radius 1 is 0.921 bits per heavy atom. The fraction of sp³-hybridized carbons (Fsp3) is 0.250. The molecule has 198 valence electrons. The van der Waals surface area contributed by atoms with Crippen molar-refractivity contribution in [1.29, 1.82) is 0 Å². The van der Waals surface area contributed by atoms with Crippen molar-refractivity contribution in [3.05, 3.63) is 80.8 Å². The molecule has 0 radical (unpaired) electrons. The van der Waals surface area contributed by atoms with E-state index in [0.29, 0.717) is 55.4 Å². The number of hydrogen-bond donors (Lipinski definition) is 0. The third-order valence-corrected chi connectivity index (χ3v) is 7.16. The van der Waals surface area contributed by atoms with E-state index >= 15 is 0 Å². The Balaban J connectivity index is 1.93. The number of benzene rings is 3. The molecule has 0 N–H and O–H groups in total. The van der Waals surface area contributed by atoms with Crippen LogP contribution in [0.1, 0.15) is 29.1 Å². The monoisotopic (exact) mass is 581 g/mol. The Hall–Kier alpha value is -4.05. The van der Waals surface area contributed by atoms with Gasteiger partial charge in [0.2, 0.25) is 0 Å². The minimum atomic E-state index is -0.624. The first-order valence-corrected chi connectivity index (χ1v) is 12.5. The van der Waals surface area contributed by atoms with Crippen LogP contribution in [-0.4, -0.2) is 55.8 Å². The lowest BCUT2D eigenvalue weighted by atomic mass is 10.1. The van der Waals surface area contributed by atoms with Crippen LogP contribution < -0.4 is 24.5 Å². The van der Waals surface area contributed by atoms with Gasteiger partial charge in [-0.15, -0.1) is 0 Å². The smallest absolute Gasteiger partial charge is 0.266 e. The van der Waals surface area contributed by atoms with Gasteiger partial charge in [-0.3, -0.25) is 14.2 Å². The van der Waals surface area contributed by atoms with Gasteiger partial charge >= 0.3 is 0 Å². The van der Waals surface area contributed by atoms with Crippen molar-refractivity contribution in [3.8, 4) is 28.7 Å². The second-order valence-electron chi connectivity index (χ2n) is 8.48. The zero-order valence-electron chi connectivity index (χ0n) is 21.9. The van der Waals surface area contributed by atoms with Crippen LogP contribution in [0.3, 0.4) is 0 Å². The third kappa shape index (κ3) is 4.91. The normalized spacial score (nSPS) is 11.7. The molecule has 0 bridgehead atoms. The van der Waals surface area contributed by atoms with Gasteiger partial charge in [0.15, 0.2) is 0 Å². The number of amides is 1. The first-order valence-electron chi connectivity index (χ1n) is 11.7. The minimum absolute atomic E-state index is 0.294. The number of carbonyl (C=O) groups is 1. The topological polar surface area (TPSA) is 92.1 Å². The molecular weight excluding hydrogens is 554 g/mol. The van der Waals surface area contributed by atoms with E-state index in [9.17, 15) is 9.59 Å². The van der Waals surface area contributed by atoms with Crippen LogP contribution in [-0.2, 0) is 0 Å². The summed E-state index contributed by atoms with van der Waals surface area (Å²) in [5, 5.41) is 0.434. The number of carbonyl (C=O) groups excluding carboxylic acids is 1. The summed E-state index contributed by atoms with van der Waals surface area (Å²) in [6, 6.07) is 14.9. The molecule has 1 unspecified atom stereocenters. The Kier molecular flexibility index (Phi) is 7.91. The van der Waals surface area contributed by atoms with E-state index < -0.39 is 6.04 Å². The van der Waals surface area contributed by atoms with E-state index in [1.54, 1.807) is 55.6 Å². The number of para-hydroxylation sites is 1. The van der Waals surface area contributed by atoms with Gasteiger partial charge in [-0.1, -0.05) is 12.1 Å². The third-order valence-electron chi connectivity index (χ3n) is 6.37. The highest BCUT2D eigenvalue weighted by molar-refractivity contribution is 9.10. The second kappa shape index (κ2) is 11.1. The highest BCUT2D eigenvalue weighted by atomic mass is 79.9. The van der Waals surface area contributed by atoms with Crippen molar-refractivity contribution in [2.75, 3.05) is 35.5 Å². The average molecular weight is 582 g/mol. The molecule has 0 saturated carbocycles. The van der Waals surface area contributed by atoms with Gasteiger partial charge in [0.25, 0.3) is 11.5 Å². The van der Waals surface area contributed by atoms with Gasteiger partial charge in [-0.25, -0.2) is 4.98 Å². The summed E-state index contributed by atoms with van der Waals surface area (Å²) >= 11 is 3.58. The molecule has 0 aliphatic heterocycles. The van der Waals surface area contributed by atoms with Gasteiger partial charge < -0.3 is 23.8 Å². The van der Waals surface area contributed by atoms with Crippen LogP contribution in [0.5, 0.6) is 23.0 Å². The van der Waals surface area contributed by atoms with Crippen LogP contribution in [0, 0.1) is 0 Å². The van der Waals surface area contributed by atoms with Crippen molar-refractivity contribution < 1.29 is 23.7 Å². The van der Waals surface area contributed by atoms with Gasteiger partial charge in [-0.05, 0) is 47.1 Å². The largest absolute Gasteiger partial charge is 0.497 e. The molecule has 1 amide bonds. The highest BCUT2D eigenvalue weighted by Crippen LogP contribution is 2.37. The van der Waals surface area contributed by atoms with Gasteiger partial charge in [-0.2, -0.15) is 0 Å². The quantitative estimate of drug-likeness (QED) is 0.288. The molecule has 0 spiro atoms. The number of aromatic nitrogens is 2. The number of ether oxygens (including phenoxy) is 4. The highest BCUT2D eigenvalue weighted by Gasteiger charge is 2.27. The summed E-state index contributed by atoms with van der Waals surface area (Å²) in [6.07, 6.45) is 0. The maximum Gasteiger partial charge on any atom is 0.266 e. The van der Waals surface area contributed by atoms with Crippen molar-refractivity contribution in [3.63, 3.8) is 0 Å². The summed E-state index contributed by atoms with van der Waals surface area (Å²) in [5.74, 6) is 2.00. The zero-order chi connectivity index (χ0) is 27.6. The van der Waals surface area contributed by atoms with Gasteiger partial charge in [0.05, 0.1) is 55.5 Å². The van der Waals surface area contributed by atoms with E-state index in [-0.39, 0.29) is 11.5 Å². The lowest BCUT2D eigenvalue weighted by Gasteiger charge is -2.28. The maximum absolute atomic E-state index is 13.9. The number of methoxy groups -OCH3 is 4. The molecule has 0 saturated heterocycles. The molecule has 0 aliphatic rings. The Bertz CT molecular complexity index is 1550. The van der Waals surface area contributed by atoms with Crippen molar-refractivity contribution >= 4 is 32.7 Å². The van der Waals surface area contributed by atoms with E-state index in [4.69, 9.17) is 23.9 Å². The first kappa shape index (κ1) is 27.0. The van der Waals surface area contributed by atoms with Crippen molar-refractivity contribution in [2.24, 2.45) is 0 Å². The number of halogens is 1. The van der Waals surface area contributed by atoms with E-state index in [1.165, 1.54) is 37.9 Å². The molecule has 3 aromatic carbocycles. The average Bonchev–Trinajstić information content (AvgIpc) is 2.95. The summed E-state index contributed by atoms with van der Waals surface area (Å²) in [6.45, 7) is 1.81. The minimum Gasteiger partial charge on any atom is -0.497 e. The summed E-state index contributed by atoms with van der Waals surface area (Å²) in [5.41, 5.74) is 1.06. The first-order chi connectivity index (χ1) is 18.2. The number of hydrogen-bond acceptors (Lipinski definition) is 7. The molecule has 1 aromatic heterocycles. The van der Waals surface area contributed by atoms with Crippen LogP contribution >= 0.6 is 15.9 Å². The second-order valence-corrected chi connectivity index (χ2v) is 9.28. The molecular formula is C28H28BrN3O6. The number of nitrogens with zero attached hydrogens (tertiary/aromatic N) is 3. The summed E-state index contributed by atoms with van der Waals surface area (Å²) in [4.78, 5) is 33.9. The molecule has 1 atom stereocenters. The van der Waals surface area contributed by atoms with Gasteiger partial charge in [0, 0.05) is 30.8 Å². The Labute approximate surface area is 228 Å². The molecule has 38 heavy (non-hydrogen) atoms. The summed E-state index contributed by atoms with van der Waals surface area (Å²) in [7, 11) is 7.77. The molecule has 4 aromatic rings. The van der Waals surface area contributed by atoms with Crippen LogP contribution in [0.2, 0.25) is 0 Å². The maximum atomic E-state index is 13.9. The number of fused-ring (bicyclic) bond motifs is 1. The molecule has 9 nitrogen and oxygen atoms in total. The molecule has 0 fully saturated rings. The number of rotatable bonds is 8. The predicted molar refractivity (Wildman–Crippen MR) is 148 cm³/mol. The SMILES string of the molecule is COc1cc(OC)cc(C(=O)N(C)C(C)c2nc3ccccc3c(=O)n2-c2cc(OC)cc(OC)c2Br)c1. The molecule has 1 heterocycles. The van der Waals surface area contributed by atoms with Crippen molar-refractivity contribution in [1.82, 2.24) is 14.5 Å². The lowest BCUT2D eigenvalue weighted by Crippen LogP contribution is -2.35. The van der Waals surface area contributed by atoms with Crippen molar-refractivity contribution in [2.45, 2.75) is 13.0 Å². The molecule has 0 aliphatic carbocycles. The Morgan fingerprint density at radius 3 is 2.13 bits per heavy atom. The van der Waals surface area contributed by atoms with Crippen LogP contribution in [0.4, 0.5) is 0 Å². The summed E-state index contributed by atoms with van der Waals surface area (Å²) < 4.78 is 23.7. The fourth-order valence-electron chi connectivity index (χ4n) is 4.13. The fourth-order valence-corrected chi connectivity index (χ4v) is 4.70. The van der Waals surface area contributed by atoms with Crippen LogP contribution in [0.15, 0.2) is 63.9 Å². The lowest BCUT2D eigenvalue weighted by molar-refractivity contribution is 0.0734. The van der Waals surface area contributed by atoms with Gasteiger partial charge in [0.1, 0.15) is 28.8 Å². The standard InChI is InChI=1S/C28H28BrN3O6/c1-16(31(2)27(33)17-11-18(35-3)13-19(12-17)36-4)26-30-22-10-8-7-9-21(22)28(34)32(26)23-14-20(37-5)15-24(38-6)25(23)29/h7-16H,1-6H3. The molecule has 10 heteroatoms.